The van der Waals surface area contributed by atoms with Crippen LogP contribution < -0.4 is 4.90 Å². The SMILES string of the molecule is CN(Cc1ccc(Br)cc1)c1ccc(C#N)c(F)c1F. The quantitative estimate of drug-likeness (QED) is 0.838. The lowest BCUT2D eigenvalue weighted by atomic mass is 10.1. The highest BCUT2D eigenvalue weighted by atomic mass is 79.9. The summed E-state index contributed by atoms with van der Waals surface area (Å²) in [5.74, 6) is -2.10. The number of nitriles is 1. The summed E-state index contributed by atoms with van der Waals surface area (Å²) in [5, 5.41) is 8.66. The molecular weight excluding hydrogens is 326 g/mol. The molecule has 0 aliphatic rings. The second-order valence-corrected chi connectivity index (χ2v) is 5.27. The van der Waals surface area contributed by atoms with E-state index in [0.717, 1.165) is 10.0 Å². The summed E-state index contributed by atoms with van der Waals surface area (Å²) in [7, 11) is 1.67. The topological polar surface area (TPSA) is 27.0 Å². The number of hydrogen-bond donors (Lipinski definition) is 0. The maximum atomic E-state index is 13.9. The monoisotopic (exact) mass is 336 g/mol. The molecule has 2 aromatic carbocycles. The van der Waals surface area contributed by atoms with Crippen molar-refractivity contribution in [1.82, 2.24) is 0 Å². The van der Waals surface area contributed by atoms with E-state index >= 15 is 0 Å². The highest BCUT2D eigenvalue weighted by molar-refractivity contribution is 9.10. The maximum absolute atomic E-state index is 13.9. The van der Waals surface area contributed by atoms with Crippen LogP contribution in [-0.2, 0) is 6.54 Å². The fourth-order valence-corrected chi connectivity index (χ4v) is 2.13. The van der Waals surface area contributed by atoms with Crippen molar-refractivity contribution in [3.05, 3.63) is 63.6 Å². The third-order valence-corrected chi connectivity index (χ3v) is 3.46. The molecule has 0 aliphatic carbocycles. The van der Waals surface area contributed by atoms with E-state index in [-0.39, 0.29) is 11.3 Å². The molecule has 0 aromatic heterocycles. The first-order chi connectivity index (χ1) is 9.52. The fourth-order valence-electron chi connectivity index (χ4n) is 1.87. The normalized spacial score (nSPS) is 10.2. The van der Waals surface area contributed by atoms with Crippen LogP contribution in [0.15, 0.2) is 40.9 Å². The van der Waals surface area contributed by atoms with E-state index in [1.54, 1.807) is 18.0 Å². The summed E-state index contributed by atoms with van der Waals surface area (Å²) in [6, 6.07) is 11.9. The van der Waals surface area contributed by atoms with Gasteiger partial charge in [-0.3, -0.25) is 0 Å². The minimum Gasteiger partial charge on any atom is -0.368 e. The number of hydrogen-bond acceptors (Lipinski definition) is 2. The van der Waals surface area contributed by atoms with Crippen LogP contribution in [-0.4, -0.2) is 7.05 Å². The Hall–Kier alpha value is -1.93. The molecule has 0 spiro atoms. The molecule has 5 heteroatoms. The molecule has 0 atom stereocenters. The summed E-state index contributed by atoms with van der Waals surface area (Å²) >= 11 is 3.34. The van der Waals surface area contributed by atoms with Gasteiger partial charge in [-0.2, -0.15) is 5.26 Å². The Morgan fingerprint density at radius 1 is 1.10 bits per heavy atom. The number of rotatable bonds is 3. The second kappa shape index (κ2) is 6.02. The van der Waals surface area contributed by atoms with Crippen LogP contribution >= 0.6 is 15.9 Å². The molecule has 2 rings (SSSR count). The number of halogens is 3. The maximum Gasteiger partial charge on any atom is 0.183 e. The van der Waals surface area contributed by atoms with E-state index in [2.05, 4.69) is 15.9 Å². The number of anilines is 1. The first-order valence-corrected chi connectivity index (χ1v) is 6.66. The molecule has 0 radical (unpaired) electrons. The molecular formula is C15H11BrF2N2. The van der Waals surface area contributed by atoms with Gasteiger partial charge in [0.1, 0.15) is 6.07 Å². The molecule has 0 bridgehead atoms. The predicted octanol–water partition coefficient (Wildman–Crippen LogP) is 4.24. The molecule has 0 unspecified atom stereocenters. The fraction of sp³-hybridized carbons (Fsp3) is 0.133. The van der Waals surface area contributed by atoms with Gasteiger partial charge in [-0.05, 0) is 29.8 Å². The minimum atomic E-state index is -1.10. The van der Waals surface area contributed by atoms with Gasteiger partial charge in [0.2, 0.25) is 0 Å². The van der Waals surface area contributed by atoms with Crippen LogP contribution in [0.1, 0.15) is 11.1 Å². The zero-order valence-electron chi connectivity index (χ0n) is 10.7. The zero-order chi connectivity index (χ0) is 14.7. The van der Waals surface area contributed by atoms with Crippen LogP contribution in [0, 0.1) is 23.0 Å². The molecule has 0 saturated carbocycles. The minimum absolute atomic E-state index is 0.129. The van der Waals surface area contributed by atoms with Crippen molar-refractivity contribution in [1.29, 1.82) is 5.26 Å². The van der Waals surface area contributed by atoms with Gasteiger partial charge >= 0.3 is 0 Å². The molecule has 2 aromatic rings. The van der Waals surface area contributed by atoms with Crippen LogP contribution in [0.25, 0.3) is 0 Å². The highest BCUT2D eigenvalue weighted by Crippen LogP contribution is 2.24. The summed E-state index contributed by atoms with van der Waals surface area (Å²) in [4.78, 5) is 1.60. The van der Waals surface area contributed by atoms with Gasteiger partial charge in [0, 0.05) is 18.1 Å². The summed E-state index contributed by atoms with van der Waals surface area (Å²) < 4.78 is 28.4. The number of nitrogens with zero attached hydrogens (tertiary/aromatic N) is 2. The van der Waals surface area contributed by atoms with Crippen LogP contribution in [0.5, 0.6) is 0 Å². The van der Waals surface area contributed by atoms with E-state index < -0.39 is 11.6 Å². The first-order valence-electron chi connectivity index (χ1n) is 5.86. The van der Waals surface area contributed by atoms with Crippen molar-refractivity contribution in [3.63, 3.8) is 0 Å². The van der Waals surface area contributed by atoms with Gasteiger partial charge in [-0.1, -0.05) is 28.1 Å². The average molecular weight is 337 g/mol. The lowest BCUT2D eigenvalue weighted by Gasteiger charge is -2.20. The van der Waals surface area contributed by atoms with Gasteiger partial charge in [0.25, 0.3) is 0 Å². The van der Waals surface area contributed by atoms with Gasteiger partial charge in [0.15, 0.2) is 11.6 Å². The summed E-state index contributed by atoms with van der Waals surface area (Å²) in [5.41, 5.74) is 0.813. The van der Waals surface area contributed by atoms with Crippen molar-refractivity contribution in [2.45, 2.75) is 6.54 Å². The highest BCUT2D eigenvalue weighted by Gasteiger charge is 2.16. The molecule has 102 valence electrons. The van der Waals surface area contributed by atoms with Gasteiger partial charge in [0.05, 0.1) is 11.3 Å². The molecule has 0 saturated heterocycles. The van der Waals surface area contributed by atoms with Crippen molar-refractivity contribution >= 4 is 21.6 Å². The lowest BCUT2D eigenvalue weighted by Crippen LogP contribution is -2.18. The summed E-state index contributed by atoms with van der Waals surface area (Å²) in [6.45, 7) is 0.440. The van der Waals surface area contributed by atoms with Gasteiger partial charge in [-0.25, -0.2) is 8.78 Å². The molecule has 0 fully saturated rings. The smallest absolute Gasteiger partial charge is 0.183 e. The molecule has 20 heavy (non-hydrogen) atoms. The van der Waals surface area contributed by atoms with E-state index in [4.69, 9.17) is 5.26 Å². The van der Waals surface area contributed by atoms with Crippen molar-refractivity contribution in [2.75, 3.05) is 11.9 Å². The second-order valence-electron chi connectivity index (χ2n) is 4.35. The van der Waals surface area contributed by atoms with Crippen LogP contribution in [0.4, 0.5) is 14.5 Å². The molecule has 0 aliphatic heterocycles. The molecule has 0 amide bonds. The van der Waals surface area contributed by atoms with Crippen molar-refractivity contribution in [2.24, 2.45) is 0 Å². The van der Waals surface area contributed by atoms with Gasteiger partial charge < -0.3 is 4.90 Å². The van der Waals surface area contributed by atoms with E-state index in [1.165, 1.54) is 12.1 Å². The van der Waals surface area contributed by atoms with Crippen molar-refractivity contribution < 1.29 is 8.78 Å². The van der Waals surface area contributed by atoms with Crippen LogP contribution in [0.3, 0.4) is 0 Å². The van der Waals surface area contributed by atoms with Crippen molar-refractivity contribution in [3.8, 4) is 6.07 Å². The Morgan fingerprint density at radius 2 is 1.75 bits per heavy atom. The Balaban J connectivity index is 2.26. The Bertz CT molecular complexity index is 663. The lowest BCUT2D eigenvalue weighted by molar-refractivity contribution is 0.505. The predicted molar refractivity (Wildman–Crippen MR) is 77.3 cm³/mol. The van der Waals surface area contributed by atoms with E-state index in [1.807, 2.05) is 24.3 Å². The summed E-state index contributed by atoms with van der Waals surface area (Å²) in [6.07, 6.45) is 0. The molecule has 2 nitrogen and oxygen atoms in total. The largest absolute Gasteiger partial charge is 0.368 e. The standard InChI is InChI=1S/C15H11BrF2N2/c1-20(9-10-2-5-12(16)6-3-10)13-7-4-11(8-19)14(17)15(13)18/h2-7H,9H2,1H3. The average Bonchev–Trinajstić information content (AvgIpc) is 2.44. The third kappa shape index (κ3) is 2.97. The zero-order valence-corrected chi connectivity index (χ0v) is 12.3. The Labute approximate surface area is 124 Å². The molecule has 0 N–H and O–H groups in total. The first kappa shape index (κ1) is 14.5. The Kier molecular flexibility index (Phi) is 4.35. The van der Waals surface area contributed by atoms with E-state index in [0.29, 0.717) is 6.54 Å². The van der Waals surface area contributed by atoms with E-state index in [9.17, 15) is 8.78 Å². The molecule has 0 heterocycles. The Morgan fingerprint density at radius 3 is 2.35 bits per heavy atom. The van der Waals surface area contributed by atoms with Gasteiger partial charge in [-0.15, -0.1) is 0 Å². The van der Waals surface area contributed by atoms with Crippen LogP contribution in [0.2, 0.25) is 0 Å². The third-order valence-electron chi connectivity index (χ3n) is 2.93. The number of benzene rings is 2.